The van der Waals surface area contributed by atoms with Crippen molar-refractivity contribution in [3.63, 3.8) is 0 Å². The van der Waals surface area contributed by atoms with Crippen molar-refractivity contribution in [1.29, 1.82) is 0 Å². The van der Waals surface area contributed by atoms with Gasteiger partial charge in [0, 0.05) is 36.0 Å². The number of morpholine rings is 1. The predicted molar refractivity (Wildman–Crippen MR) is 105 cm³/mol. The summed E-state index contributed by atoms with van der Waals surface area (Å²) in [6.45, 7) is 2.34. The Hall–Kier alpha value is -2.58. The van der Waals surface area contributed by atoms with E-state index < -0.39 is 0 Å². The maximum absolute atomic E-state index is 13.3. The van der Waals surface area contributed by atoms with E-state index in [2.05, 4.69) is 9.97 Å². The zero-order chi connectivity index (χ0) is 19.5. The number of rotatable bonds is 5. The minimum atomic E-state index is -0.313. The molecule has 28 heavy (non-hydrogen) atoms. The summed E-state index contributed by atoms with van der Waals surface area (Å²) < 4.78 is 24.1. The van der Waals surface area contributed by atoms with E-state index in [0.717, 1.165) is 11.1 Å². The van der Waals surface area contributed by atoms with Crippen molar-refractivity contribution >= 4 is 28.7 Å². The number of benzene rings is 2. The first-order chi connectivity index (χ1) is 13.6. The van der Waals surface area contributed by atoms with Gasteiger partial charge >= 0.3 is 0 Å². The smallest absolute Gasteiger partial charge is 0.254 e. The average molecular weight is 401 g/mol. The topological polar surface area (TPSA) is 67.4 Å². The number of aromatic nitrogens is 2. The van der Waals surface area contributed by atoms with E-state index in [1.54, 1.807) is 24.1 Å². The third-order valence-electron chi connectivity index (χ3n) is 4.61. The molecule has 1 amide bonds. The summed E-state index contributed by atoms with van der Waals surface area (Å²) in [5.41, 5.74) is 2.90. The number of methoxy groups -OCH3 is 1. The van der Waals surface area contributed by atoms with Gasteiger partial charge in [-0.3, -0.25) is 4.79 Å². The Morgan fingerprint density at radius 3 is 2.89 bits per heavy atom. The van der Waals surface area contributed by atoms with Gasteiger partial charge in [-0.15, -0.1) is 0 Å². The SMILES string of the molecule is COc1ccc(C(=O)N2CCOCC2)cc1CSc1nc2cc(F)ccc2[nH]1. The van der Waals surface area contributed by atoms with Crippen molar-refractivity contribution in [2.24, 2.45) is 0 Å². The number of hydrogen-bond donors (Lipinski definition) is 1. The number of fused-ring (bicyclic) bond motifs is 1. The van der Waals surface area contributed by atoms with Crippen LogP contribution >= 0.6 is 11.8 Å². The molecule has 0 aliphatic carbocycles. The largest absolute Gasteiger partial charge is 0.496 e. The molecule has 0 saturated carbocycles. The molecule has 146 valence electrons. The summed E-state index contributed by atoms with van der Waals surface area (Å²) in [7, 11) is 1.61. The van der Waals surface area contributed by atoms with Crippen molar-refractivity contribution in [2.45, 2.75) is 10.9 Å². The van der Waals surface area contributed by atoms with Crippen LogP contribution in [0.25, 0.3) is 11.0 Å². The molecule has 1 aliphatic heterocycles. The van der Waals surface area contributed by atoms with Crippen LogP contribution in [0.5, 0.6) is 5.75 Å². The van der Waals surface area contributed by atoms with E-state index in [4.69, 9.17) is 9.47 Å². The number of ether oxygens (including phenoxy) is 2. The minimum Gasteiger partial charge on any atom is -0.496 e. The first-order valence-corrected chi connectivity index (χ1v) is 9.94. The second-order valence-corrected chi connectivity index (χ2v) is 7.39. The lowest BCUT2D eigenvalue weighted by Gasteiger charge is -2.27. The number of nitrogens with zero attached hydrogens (tertiary/aromatic N) is 2. The molecule has 0 unspecified atom stereocenters. The first kappa shape index (κ1) is 18.8. The maximum atomic E-state index is 13.3. The summed E-state index contributed by atoms with van der Waals surface area (Å²) in [4.78, 5) is 22.1. The molecule has 1 N–H and O–H groups in total. The van der Waals surface area contributed by atoms with Crippen LogP contribution in [0.3, 0.4) is 0 Å². The highest BCUT2D eigenvalue weighted by atomic mass is 32.2. The summed E-state index contributed by atoms with van der Waals surface area (Å²) >= 11 is 1.48. The van der Waals surface area contributed by atoms with E-state index in [9.17, 15) is 9.18 Å². The molecule has 2 heterocycles. The molecule has 1 fully saturated rings. The number of hydrogen-bond acceptors (Lipinski definition) is 5. The summed E-state index contributed by atoms with van der Waals surface area (Å²) in [5.74, 6) is 0.964. The molecule has 0 bridgehead atoms. The van der Waals surface area contributed by atoms with Gasteiger partial charge in [-0.1, -0.05) is 11.8 Å². The van der Waals surface area contributed by atoms with Crippen LogP contribution in [0.2, 0.25) is 0 Å². The molecule has 0 atom stereocenters. The lowest BCUT2D eigenvalue weighted by atomic mass is 10.1. The highest BCUT2D eigenvalue weighted by Crippen LogP contribution is 2.29. The van der Waals surface area contributed by atoms with E-state index in [0.29, 0.717) is 54.0 Å². The average Bonchev–Trinajstić information content (AvgIpc) is 3.14. The zero-order valence-corrected chi connectivity index (χ0v) is 16.2. The monoisotopic (exact) mass is 401 g/mol. The number of aromatic amines is 1. The number of carbonyl (C=O) groups is 1. The predicted octanol–water partition coefficient (Wildman–Crippen LogP) is 3.48. The van der Waals surface area contributed by atoms with Crippen LogP contribution < -0.4 is 4.74 Å². The Morgan fingerprint density at radius 2 is 2.11 bits per heavy atom. The van der Waals surface area contributed by atoms with Crippen molar-refractivity contribution in [3.05, 3.63) is 53.3 Å². The van der Waals surface area contributed by atoms with Crippen molar-refractivity contribution < 1.29 is 18.7 Å². The minimum absolute atomic E-state index is 0.00332. The molecule has 1 saturated heterocycles. The number of H-pyrrole nitrogens is 1. The lowest BCUT2D eigenvalue weighted by Crippen LogP contribution is -2.40. The van der Waals surface area contributed by atoms with E-state index in [1.807, 2.05) is 12.1 Å². The molecule has 0 spiro atoms. The highest BCUT2D eigenvalue weighted by Gasteiger charge is 2.20. The van der Waals surface area contributed by atoms with Gasteiger partial charge in [0.25, 0.3) is 5.91 Å². The van der Waals surface area contributed by atoms with Crippen molar-refractivity contribution in [1.82, 2.24) is 14.9 Å². The number of imidazole rings is 1. The molecule has 6 nitrogen and oxygen atoms in total. The molecule has 4 rings (SSSR count). The molecule has 1 aliphatic rings. The third-order valence-corrected chi connectivity index (χ3v) is 5.54. The molecular formula is C20H20FN3O3S. The molecular weight excluding hydrogens is 381 g/mol. The Bertz CT molecular complexity index is 1000. The maximum Gasteiger partial charge on any atom is 0.254 e. The van der Waals surface area contributed by atoms with Gasteiger partial charge in [0.05, 0.1) is 31.4 Å². The van der Waals surface area contributed by atoms with Gasteiger partial charge < -0.3 is 19.4 Å². The van der Waals surface area contributed by atoms with E-state index in [1.165, 1.54) is 23.9 Å². The third kappa shape index (κ3) is 3.98. The summed E-state index contributed by atoms with van der Waals surface area (Å²) in [5, 5.41) is 0.688. The Balaban J connectivity index is 1.52. The lowest BCUT2D eigenvalue weighted by molar-refractivity contribution is 0.0303. The van der Waals surface area contributed by atoms with Crippen LogP contribution in [0.15, 0.2) is 41.6 Å². The van der Waals surface area contributed by atoms with Gasteiger partial charge in [0.1, 0.15) is 11.6 Å². The number of amides is 1. The van der Waals surface area contributed by atoms with Crippen molar-refractivity contribution in [3.8, 4) is 5.75 Å². The fourth-order valence-electron chi connectivity index (χ4n) is 3.14. The molecule has 2 aromatic carbocycles. The van der Waals surface area contributed by atoms with Gasteiger partial charge in [-0.25, -0.2) is 9.37 Å². The van der Waals surface area contributed by atoms with E-state index in [-0.39, 0.29) is 11.7 Å². The highest BCUT2D eigenvalue weighted by molar-refractivity contribution is 7.98. The standard InChI is InChI=1S/C20H20FN3O3S/c1-26-18-5-2-13(19(25)24-6-8-27-9-7-24)10-14(18)12-28-20-22-16-4-3-15(21)11-17(16)23-20/h2-5,10-11H,6-9,12H2,1H3,(H,22,23). The fraction of sp³-hybridized carbons (Fsp3) is 0.300. The molecule has 8 heteroatoms. The Labute approximate surface area is 166 Å². The van der Waals surface area contributed by atoms with Crippen LogP contribution in [0, 0.1) is 5.82 Å². The number of halogens is 1. The van der Waals surface area contributed by atoms with Gasteiger partial charge in [-0.05, 0) is 30.3 Å². The Morgan fingerprint density at radius 1 is 1.29 bits per heavy atom. The second kappa shape index (κ2) is 8.20. The van der Waals surface area contributed by atoms with Crippen LogP contribution in [0.4, 0.5) is 4.39 Å². The van der Waals surface area contributed by atoms with Crippen LogP contribution in [-0.2, 0) is 10.5 Å². The number of thioether (sulfide) groups is 1. The van der Waals surface area contributed by atoms with Gasteiger partial charge in [0.15, 0.2) is 5.16 Å². The zero-order valence-electron chi connectivity index (χ0n) is 15.4. The van der Waals surface area contributed by atoms with Crippen LogP contribution in [0.1, 0.15) is 15.9 Å². The fourth-order valence-corrected chi connectivity index (χ4v) is 4.01. The Kier molecular flexibility index (Phi) is 5.50. The summed E-state index contributed by atoms with van der Waals surface area (Å²) in [6, 6.07) is 9.94. The first-order valence-electron chi connectivity index (χ1n) is 8.96. The molecule has 0 radical (unpaired) electrons. The summed E-state index contributed by atoms with van der Waals surface area (Å²) in [6.07, 6.45) is 0. The van der Waals surface area contributed by atoms with Gasteiger partial charge in [-0.2, -0.15) is 0 Å². The molecule has 1 aromatic heterocycles. The van der Waals surface area contributed by atoms with Crippen molar-refractivity contribution in [2.75, 3.05) is 33.4 Å². The number of carbonyl (C=O) groups excluding carboxylic acids is 1. The normalized spacial score (nSPS) is 14.4. The van der Waals surface area contributed by atoms with E-state index >= 15 is 0 Å². The van der Waals surface area contributed by atoms with Crippen LogP contribution in [-0.4, -0.2) is 54.2 Å². The second-order valence-electron chi connectivity index (χ2n) is 6.42. The number of nitrogens with one attached hydrogen (secondary N) is 1. The quantitative estimate of drug-likeness (QED) is 0.663. The molecule has 3 aromatic rings. The van der Waals surface area contributed by atoms with Gasteiger partial charge in [0.2, 0.25) is 0 Å².